The minimum atomic E-state index is -0.939. The highest BCUT2D eigenvalue weighted by Crippen LogP contribution is 2.23. The van der Waals surface area contributed by atoms with Crippen molar-refractivity contribution in [2.45, 2.75) is 0 Å². The number of carbonyl (C=O) groups is 1. The van der Waals surface area contributed by atoms with Gasteiger partial charge in [-0.05, 0) is 56.7 Å². The SMILES string of the molecule is O=C(O)c1cc(Br)cn1-c1ccccc1I. The number of carboxylic acid groups (broad SMARTS) is 1. The van der Waals surface area contributed by atoms with Crippen molar-refractivity contribution in [2.75, 3.05) is 0 Å². The zero-order valence-electron chi connectivity index (χ0n) is 8.02. The molecule has 5 heteroatoms. The van der Waals surface area contributed by atoms with E-state index in [4.69, 9.17) is 5.11 Å². The molecule has 0 radical (unpaired) electrons. The monoisotopic (exact) mass is 391 g/mol. The highest BCUT2D eigenvalue weighted by molar-refractivity contribution is 14.1. The molecule has 16 heavy (non-hydrogen) atoms. The topological polar surface area (TPSA) is 42.2 Å². The van der Waals surface area contributed by atoms with Crippen LogP contribution in [0.25, 0.3) is 5.69 Å². The molecule has 2 rings (SSSR count). The Morgan fingerprint density at radius 2 is 2.06 bits per heavy atom. The smallest absolute Gasteiger partial charge is 0.352 e. The van der Waals surface area contributed by atoms with Crippen LogP contribution < -0.4 is 0 Å². The van der Waals surface area contributed by atoms with Crippen molar-refractivity contribution in [1.29, 1.82) is 0 Å². The molecule has 2 aromatic rings. The van der Waals surface area contributed by atoms with Crippen molar-refractivity contribution in [3.05, 3.63) is 50.3 Å². The molecule has 0 atom stereocenters. The quantitative estimate of drug-likeness (QED) is 0.795. The summed E-state index contributed by atoms with van der Waals surface area (Å²) in [5.41, 5.74) is 1.11. The zero-order valence-corrected chi connectivity index (χ0v) is 11.8. The highest BCUT2D eigenvalue weighted by Gasteiger charge is 2.14. The van der Waals surface area contributed by atoms with Gasteiger partial charge in [0.2, 0.25) is 0 Å². The standard InChI is InChI=1S/C11H7BrINO2/c12-7-5-10(11(15)16)14(6-7)9-4-2-1-3-8(9)13/h1-6H,(H,15,16). The minimum absolute atomic E-state index is 0.246. The van der Waals surface area contributed by atoms with Crippen LogP contribution in [-0.4, -0.2) is 15.6 Å². The Morgan fingerprint density at radius 1 is 1.38 bits per heavy atom. The van der Waals surface area contributed by atoms with Crippen LogP contribution in [0.15, 0.2) is 41.0 Å². The van der Waals surface area contributed by atoms with Crippen LogP contribution >= 0.6 is 38.5 Å². The second-order valence-corrected chi connectivity index (χ2v) is 5.25. The molecular weight excluding hydrogens is 385 g/mol. The zero-order chi connectivity index (χ0) is 11.7. The molecule has 0 aliphatic heterocycles. The average Bonchev–Trinajstić information content (AvgIpc) is 2.61. The lowest BCUT2D eigenvalue weighted by molar-refractivity contribution is 0.0688. The van der Waals surface area contributed by atoms with Crippen molar-refractivity contribution in [3.63, 3.8) is 0 Å². The maximum Gasteiger partial charge on any atom is 0.352 e. The fourth-order valence-corrected chi connectivity index (χ4v) is 2.51. The van der Waals surface area contributed by atoms with E-state index in [1.54, 1.807) is 16.8 Å². The van der Waals surface area contributed by atoms with Gasteiger partial charge in [-0.3, -0.25) is 0 Å². The van der Waals surface area contributed by atoms with Crippen LogP contribution in [-0.2, 0) is 0 Å². The number of hydrogen-bond acceptors (Lipinski definition) is 1. The van der Waals surface area contributed by atoms with E-state index in [9.17, 15) is 4.79 Å². The lowest BCUT2D eigenvalue weighted by Gasteiger charge is -2.07. The van der Waals surface area contributed by atoms with Crippen molar-refractivity contribution in [1.82, 2.24) is 4.57 Å². The van der Waals surface area contributed by atoms with Crippen LogP contribution in [0, 0.1) is 3.57 Å². The number of aromatic carboxylic acids is 1. The number of benzene rings is 1. The van der Waals surface area contributed by atoms with Crippen molar-refractivity contribution >= 4 is 44.5 Å². The molecule has 0 aliphatic rings. The Hall–Kier alpha value is -0.820. The van der Waals surface area contributed by atoms with E-state index < -0.39 is 5.97 Å². The van der Waals surface area contributed by atoms with Gasteiger partial charge < -0.3 is 9.67 Å². The summed E-state index contributed by atoms with van der Waals surface area (Å²) in [4.78, 5) is 11.1. The van der Waals surface area contributed by atoms with Gasteiger partial charge in [0.15, 0.2) is 0 Å². The fourth-order valence-electron chi connectivity index (χ4n) is 1.44. The van der Waals surface area contributed by atoms with E-state index in [0.29, 0.717) is 0 Å². The molecule has 0 spiro atoms. The normalized spacial score (nSPS) is 10.4. The van der Waals surface area contributed by atoms with Crippen molar-refractivity contribution in [2.24, 2.45) is 0 Å². The Kier molecular flexibility index (Phi) is 3.34. The molecule has 1 aromatic heterocycles. The first-order valence-electron chi connectivity index (χ1n) is 4.45. The molecule has 0 saturated carbocycles. The van der Waals surface area contributed by atoms with Gasteiger partial charge in [0.05, 0.1) is 5.69 Å². The summed E-state index contributed by atoms with van der Waals surface area (Å²) in [6.07, 6.45) is 1.75. The first-order valence-corrected chi connectivity index (χ1v) is 6.33. The molecule has 1 N–H and O–H groups in total. The lowest BCUT2D eigenvalue weighted by Crippen LogP contribution is -2.06. The predicted octanol–water partition coefficient (Wildman–Crippen LogP) is 3.54. The number of para-hydroxylation sites is 1. The van der Waals surface area contributed by atoms with E-state index in [2.05, 4.69) is 38.5 Å². The average molecular weight is 392 g/mol. The molecule has 1 heterocycles. The van der Waals surface area contributed by atoms with Crippen LogP contribution in [0.1, 0.15) is 10.5 Å². The van der Waals surface area contributed by atoms with E-state index in [1.807, 2.05) is 24.3 Å². The second kappa shape index (κ2) is 4.58. The summed E-state index contributed by atoms with van der Waals surface area (Å²) in [6, 6.07) is 9.22. The van der Waals surface area contributed by atoms with Crippen LogP contribution in [0.2, 0.25) is 0 Å². The first-order chi connectivity index (χ1) is 7.59. The van der Waals surface area contributed by atoms with Gasteiger partial charge in [-0.25, -0.2) is 4.79 Å². The molecule has 0 amide bonds. The highest BCUT2D eigenvalue weighted by atomic mass is 127. The number of halogens is 2. The van der Waals surface area contributed by atoms with Gasteiger partial charge in [-0.15, -0.1) is 0 Å². The summed E-state index contributed by atoms with van der Waals surface area (Å²) in [7, 11) is 0. The molecule has 0 aliphatic carbocycles. The number of rotatable bonds is 2. The maximum absolute atomic E-state index is 11.1. The Bertz CT molecular complexity index is 551. The molecule has 0 saturated heterocycles. The Morgan fingerprint density at radius 3 is 2.69 bits per heavy atom. The summed E-state index contributed by atoms with van der Waals surface area (Å²) in [5.74, 6) is -0.939. The third-order valence-corrected chi connectivity index (χ3v) is 3.46. The maximum atomic E-state index is 11.1. The van der Waals surface area contributed by atoms with E-state index in [-0.39, 0.29) is 5.69 Å². The second-order valence-electron chi connectivity index (χ2n) is 3.17. The molecule has 1 aromatic carbocycles. The predicted molar refractivity (Wildman–Crippen MR) is 73.1 cm³/mol. The largest absolute Gasteiger partial charge is 0.477 e. The Labute approximate surface area is 114 Å². The van der Waals surface area contributed by atoms with Gasteiger partial charge in [-0.2, -0.15) is 0 Å². The van der Waals surface area contributed by atoms with Crippen molar-refractivity contribution < 1.29 is 9.90 Å². The van der Waals surface area contributed by atoms with Crippen LogP contribution in [0.3, 0.4) is 0 Å². The van der Waals surface area contributed by atoms with Crippen LogP contribution in [0.4, 0.5) is 0 Å². The fraction of sp³-hybridized carbons (Fsp3) is 0. The number of aromatic nitrogens is 1. The third kappa shape index (κ3) is 2.15. The summed E-state index contributed by atoms with van der Waals surface area (Å²) in [6.45, 7) is 0. The molecule has 0 fully saturated rings. The molecule has 0 unspecified atom stereocenters. The van der Waals surface area contributed by atoms with E-state index >= 15 is 0 Å². The van der Waals surface area contributed by atoms with Gasteiger partial charge in [-0.1, -0.05) is 12.1 Å². The number of carboxylic acids is 1. The van der Waals surface area contributed by atoms with Gasteiger partial charge in [0, 0.05) is 14.2 Å². The first kappa shape index (κ1) is 11.7. The van der Waals surface area contributed by atoms with Crippen LogP contribution in [0.5, 0.6) is 0 Å². The molecule has 0 bridgehead atoms. The summed E-state index contributed by atoms with van der Waals surface area (Å²) >= 11 is 5.47. The van der Waals surface area contributed by atoms with Gasteiger partial charge in [0.1, 0.15) is 5.69 Å². The van der Waals surface area contributed by atoms with Crippen molar-refractivity contribution in [3.8, 4) is 5.69 Å². The summed E-state index contributed by atoms with van der Waals surface area (Å²) in [5, 5.41) is 9.09. The van der Waals surface area contributed by atoms with E-state index in [1.165, 1.54) is 0 Å². The van der Waals surface area contributed by atoms with E-state index in [0.717, 1.165) is 13.7 Å². The number of nitrogens with zero attached hydrogens (tertiary/aromatic N) is 1. The third-order valence-electron chi connectivity index (χ3n) is 2.12. The molecular formula is C11H7BrINO2. The van der Waals surface area contributed by atoms with Gasteiger partial charge >= 0.3 is 5.97 Å². The van der Waals surface area contributed by atoms with Gasteiger partial charge in [0.25, 0.3) is 0 Å². The lowest BCUT2D eigenvalue weighted by atomic mass is 10.3. The molecule has 82 valence electrons. The Balaban J connectivity index is 2.64. The minimum Gasteiger partial charge on any atom is -0.477 e. The number of hydrogen-bond donors (Lipinski definition) is 1. The summed E-state index contributed by atoms with van der Waals surface area (Å²) < 4.78 is 3.42. The molecule has 3 nitrogen and oxygen atoms in total.